The normalized spacial score (nSPS) is 31.4. The lowest BCUT2D eigenvalue weighted by atomic mass is 9.57. The molecule has 7 heteroatoms. The lowest BCUT2D eigenvalue weighted by Crippen LogP contribution is -2.48. The van der Waals surface area contributed by atoms with Crippen LogP contribution in [0, 0.1) is 35.4 Å². The number of alkyl carbamates (subject to hydrolysis) is 1. The number of aromatic nitrogens is 1. The van der Waals surface area contributed by atoms with Gasteiger partial charge in [0.2, 0.25) is 0 Å². The quantitative estimate of drug-likeness (QED) is 0.548. The van der Waals surface area contributed by atoms with Crippen molar-refractivity contribution in [2.45, 2.75) is 51.7 Å². The summed E-state index contributed by atoms with van der Waals surface area (Å²) < 4.78 is 24.4. The van der Waals surface area contributed by atoms with Gasteiger partial charge < -0.3 is 14.8 Å². The summed E-state index contributed by atoms with van der Waals surface area (Å²) in [6.45, 7) is 4.14. The van der Waals surface area contributed by atoms with E-state index < -0.39 is 0 Å². The monoisotopic (exact) mass is 492 g/mol. The summed E-state index contributed by atoms with van der Waals surface area (Å²) in [4.78, 5) is 29.3. The molecular formula is C29H33FN2O4. The molecule has 2 heterocycles. The van der Waals surface area contributed by atoms with Gasteiger partial charge in [-0.25, -0.2) is 9.18 Å². The van der Waals surface area contributed by atoms with Crippen LogP contribution in [0.5, 0.6) is 0 Å². The van der Waals surface area contributed by atoms with Crippen molar-refractivity contribution in [3.8, 4) is 11.1 Å². The second-order valence-electron chi connectivity index (χ2n) is 10.3. The van der Waals surface area contributed by atoms with Crippen LogP contribution >= 0.6 is 0 Å². The molecule has 1 unspecified atom stereocenters. The standard InChI is InChI=1S/C29H33FN2O4/c1-3-35-29(34)32-23-10-7-19-14-26-27(17(2)36-28(26)33)24(25(19)15-23)12-11-22-9-8-20(16-31-22)18-5-4-6-21(30)13-18/h4-6,8-9,11-13,16-17,19,23-27H,3,7,10,14-15H2,1-2H3,(H,32,34)/b12-11+/t17-,19+,23?,24+,25-,26-,27+/m1/s1. The van der Waals surface area contributed by atoms with Crippen LogP contribution in [0.3, 0.4) is 0 Å². The van der Waals surface area contributed by atoms with Gasteiger partial charge in [-0.3, -0.25) is 9.78 Å². The fraction of sp³-hybridized carbons (Fsp3) is 0.483. The number of benzene rings is 1. The molecule has 1 N–H and O–H groups in total. The highest BCUT2D eigenvalue weighted by Gasteiger charge is 2.54. The molecular weight excluding hydrogens is 459 g/mol. The molecule has 7 atom stereocenters. The Morgan fingerprint density at radius 1 is 1.22 bits per heavy atom. The van der Waals surface area contributed by atoms with Gasteiger partial charge >= 0.3 is 12.1 Å². The summed E-state index contributed by atoms with van der Waals surface area (Å²) in [6, 6.07) is 10.4. The van der Waals surface area contributed by atoms with Gasteiger partial charge in [-0.15, -0.1) is 0 Å². The number of carbonyl (C=O) groups is 2. The Balaban J connectivity index is 1.37. The van der Waals surface area contributed by atoms with Gasteiger partial charge in [-0.2, -0.15) is 0 Å². The first kappa shape index (κ1) is 24.5. The minimum atomic E-state index is -0.364. The summed E-state index contributed by atoms with van der Waals surface area (Å²) in [6.07, 6.45) is 9.05. The average Bonchev–Trinajstić information content (AvgIpc) is 3.15. The Hall–Kier alpha value is -3.22. The Labute approximate surface area is 211 Å². The van der Waals surface area contributed by atoms with Crippen molar-refractivity contribution in [2.24, 2.45) is 29.6 Å². The largest absolute Gasteiger partial charge is 0.462 e. The minimum absolute atomic E-state index is 0.0646. The number of amides is 1. The molecule has 2 saturated carbocycles. The third-order valence-corrected chi connectivity index (χ3v) is 8.19. The van der Waals surface area contributed by atoms with Crippen LogP contribution in [0.1, 0.15) is 45.2 Å². The van der Waals surface area contributed by atoms with E-state index in [9.17, 15) is 14.0 Å². The van der Waals surface area contributed by atoms with Crippen molar-refractivity contribution < 1.29 is 23.5 Å². The predicted molar refractivity (Wildman–Crippen MR) is 134 cm³/mol. The van der Waals surface area contributed by atoms with Crippen LogP contribution < -0.4 is 5.32 Å². The van der Waals surface area contributed by atoms with E-state index in [1.165, 1.54) is 12.1 Å². The Morgan fingerprint density at radius 3 is 2.83 bits per heavy atom. The zero-order chi connectivity index (χ0) is 25.2. The maximum atomic E-state index is 13.6. The van der Waals surface area contributed by atoms with Crippen LogP contribution in [0.15, 0.2) is 48.7 Å². The summed E-state index contributed by atoms with van der Waals surface area (Å²) >= 11 is 0. The number of cyclic esters (lactones) is 1. The fourth-order valence-electron chi connectivity index (χ4n) is 6.61. The lowest BCUT2D eigenvalue weighted by Gasteiger charge is -2.47. The summed E-state index contributed by atoms with van der Waals surface area (Å²) in [5, 5.41) is 3.03. The molecule has 1 amide bonds. The van der Waals surface area contributed by atoms with Gasteiger partial charge in [0.1, 0.15) is 11.9 Å². The highest BCUT2D eigenvalue weighted by atomic mass is 19.1. The highest BCUT2D eigenvalue weighted by molar-refractivity contribution is 5.75. The van der Waals surface area contributed by atoms with Gasteiger partial charge in [0, 0.05) is 23.7 Å². The molecule has 6 nitrogen and oxygen atoms in total. The van der Waals surface area contributed by atoms with E-state index in [2.05, 4.69) is 16.4 Å². The number of hydrogen-bond acceptors (Lipinski definition) is 5. The number of nitrogens with one attached hydrogen (secondary N) is 1. The van der Waals surface area contributed by atoms with E-state index in [0.29, 0.717) is 18.4 Å². The first-order valence-corrected chi connectivity index (χ1v) is 13.0. The molecule has 3 aliphatic rings. The number of nitrogens with zero attached hydrogens (tertiary/aromatic N) is 1. The third-order valence-electron chi connectivity index (χ3n) is 8.19. The van der Waals surface area contributed by atoms with Crippen molar-refractivity contribution in [1.29, 1.82) is 0 Å². The molecule has 0 radical (unpaired) electrons. The van der Waals surface area contributed by atoms with Crippen LogP contribution in [0.2, 0.25) is 0 Å². The van der Waals surface area contributed by atoms with Gasteiger partial charge in [0.05, 0.1) is 18.2 Å². The maximum absolute atomic E-state index is 13.6. The van der Waals surface area contributed by atoms with Crippen LogP contribution in [0.4, 0.5) is 9.18 Å². The Morgan fingerprint density at radius 2 is 2.08 bits per heavy atom. The molecule has 5 rings (SSSR count). The van der Waals surface area contributed by atoms with Crippen LogP contribution in [-0.2, 0) is 14.3 Å². The van der Waals surface area contributed by atoms with Gasteiger partial charge in [-0.1, -0.05) is 24.3 Å². The van der Waals surface area contributed by atoms with E-state index in [1.807, 2.05) is 31.2 Å². The van der Waals surface area contributed by atoms with Crippen molar-refractivity contribution in [3.05, 3.63) is 60.2 Å². The van der Waals surface area contributed by atoms with Gasteiger partial charge in [0.15, 0.2) is 0 Å². The van der Waals surface area contributed by atoms with Gasteiger partial charge in [-0.05, 0) is 87.1 Å². The molecule has 0 spiro atoms. The number of ether oxygens (including phenoxy) is 2. The number of halogens is 1. The molecule has 1 aromatic heterocycles. The zero-order valence-corrected chi connectivity index (χ0v) is 20.7. The molecule has 1 aliphatic heterocycles. The first-order valence-electron chi connectivity index (χ1n) is 13.0. The number of allylic oxidation sites excluding steroid dienone is 1. The Bertz CT molecular complexity index is 1130. The first-order chi connectivity index (χ1) is 17.4. The second kappa shape index (κ2) is 10.4. The zero-order valence-electron chi connectivity index (χ0n) is 20.7. The minimum Gasteiger partial charge on any atom is -0.462 e. The SMILES string of the molecule is CCOC(=O)NC1CC[C@H]2C[C@H]3C(=O)O[C@H](C)[C@H]3[C@@H](/C=C/c3ccc(-c4cccc(F)c4)cn3)[C@@H]2C1. The summed E-state index contributed by atoms with van der Waals surface area (Å²) in [5.41, 5.74) is 2.45. The maximum Gasteiger partial charge on any atom is 0.407 e. The van der Waals surface area contributed by atoms with Crippen molar-refractivity contribution >= 4 is 18.1 Å². The number of esters is 1. The highest BCUT2D eigenvalue weighted by Crippen LogP contribution is 2.53. The average molecular weight is 493 g/mol. The molecule has 2 aliphatic carbocycles. The molecule has 2 aromatic rings. The van der Waals surface area contributed by atoms with E-state index >= 15 is 0 Å². The number of carbonyl (C=O) groups excluding carboxylic acids is 2. The van der Waals surface area contributed by atoms with E-state index in [1.54, 1.807) is 19.2 Å². The van der Waals surface area contributed by atoms with Crippen molar-refractivity contribution in [2.75, 3.05) is 6.61 Å². The van der Waals surface area contributed by atoms with E-state index in [4.69, 9.17) is 9.47 Å². The molecule has 3 fully saturated rings. The van der Waals surface area contributed by atoms with E-state index in [-0.39, 0.29) is 47.8 Å². The van der Waals surface area contributed by atoms with Crippen LogP contribution in [-0.4, -0.2) is 35.8 Å². The summed E-state index contributed by atoms with van der Waals surface area (Å²) in [5.74, 6) is 0.592. The fourth-order valence-corrected chi connectivity index (χ4v) is 6.61. The number of pyridine rings is 1. The molecule has 1 saturated heterocycles. The third kappa shape index (κ3) is 5.01. The van der Waals surface area contributed by atoms with E-state index in [0.717, 1.165) is 42.5 Å². The van der Waals surface area contributed by atoms with Gasteiger partial charge in [0.25, 0.3) is 0 Å². The smallest absolute Gasteiger partial charge is 0.407 e. The molecule has 1 aromatic carbocycles. The molecule has 190 valence electrons. The molecule has 36 heavy (non-hydrogen) atoms. The summed E-state index contributed by atoms with van der Waals surface area (Å²) in [7, 11) is 0. The molecule has 0 bridgehead atoms. The number of hydrogen-bond donors (Lipinski definition) is 1. The number of fused-ring (bicyclic) bond motifs is 2. The predicted octanol–water partition coefficient (Wildman–Crippen LogP) is 5.63. The second-order valence-corrected chi connectivity index (χ2v) is 10.3. The topological polar surface area (TPSA) is 77.5 Å². The van der Waals surface area contributed by atoms with Crippen molar-refractivity contribution in [3.63, 3.8) is 0 Å². The number of rotatable bonds is 5. The van der Waals surface area contributed by atoms with Crippen LogP contribution in [0.25, 0.3) is 17.2 Å². The Kier molecular flexibility index (Phi) is 7.08. The lowest BCUT2D eigenvalue weighted by molar-refractivity contribution is -0.144. The van der Waals surface area contributed by atoms with Crippen molar-refractivity contribution in [1.82, 2.24) is 10.3 Å².